The van der Waals surface area contributed by atoms with E-state index in [1.54, 1.807) is 0 Å². The maximum atomic E-state index is 13.7. The van der Waals surface area contributed by atoms with Gasteiger partial charge in [-0.25, -0.2) is 13.6 Å². The summed E-state index contributed by atoms with van der Waals surface area (Å²) in [5.41, 5.74) is 1.71. The molecule has 1 aromatic carbocycles. The second-order valence-corrected chi connectivity index (χ2v) is 5.24. The van der Waals surface area contributed by atoms with Gasteiger partial charge in [-0.05, 0) is 49.0 Å². The second-order valence-electron chi connectivity index (χ2n) is 5.24. The van der Waals surface area contributed by atoms with E-state index in [2.05, 4.69) is 6.92 Å². The molecule has 1 N–H and O–H groups in total. The van der Waals surface area contributed by atoms with Crippen molar-refractivity contribution in [2.45, 2.75) is 39.0 Å². The van der Waals surface area contributed by atoms with Gasteiger partial charge in [-0.2, -0.15) is 0 Å². The maximum absolute atomic E-state index is 13.7. The first-order chi connectivity index (χ1) is 10.0. The van der Waals surface area contributed by atoms with Gasteiger partial charge in [0.2, 0.25) is 0 Å². The van der Waals surface area contributed by atoms with Crippen LogP contribution >= 0.6 is 0 Å². The van der Waals surface area contributed by atoms with Crippen molar-refractivity contribution >= 4 is 11.5 Å². The zero-order valence-electron chi connectivity index (χ0n) is 12.0. The summed E-state index contributed by atoms with van der Waals surface area (Å²) in [6.45, 7) is 2.14. The van der Waals surface area contributed by atoms with E-state index in [0.717, 1.165) is 49.8 Å². The minimum atomic E-state index is -1.59. The lowest BCUT2D eigenvalue weighted by Crippen LogP contribution is -2.06. The van der Waals surface area contributed by atoms with Crippen LogP contribution in [0.4, 0.5) is 8.78 Å². The van der Waals surface area contributed by atoms with Gasteiger partial charge in [0.25, 0.3) is 0 Å². The highest BCUT2D eigenvalue weighted by molar-refractivity contribution is 5.89. The number of allylic oxidation sites excluding steroid dienone is 4. The molecule has 0 heterocycles. The summed E-state index contributed by atoms with van der Waals surface area (Å²) in [6, 6.07) is 2.20. The standard InChI is InChI=1S/C17H18F2O2/c1-2-3-4-11-5-7-12(8-6-11)13-9-14(18)16(17(20)21)15(19)10-13/h5,7,9-10H,2-4,6,8H2,1H3,(H,20,21). The van der Waals surface area contributed by atoms with E-state index >= 15 is 0 Å². The summed E-state index contributed by atoms with van der Waals surface area (Å²) in [5, 5.41) is 8.76. The summed E-state index contributed by atoms with van der Waals surface area (Å²) in [7, 11) is 0. The van der Waals surface area contributed by atoms with Crippen molar-refractivity contribution in [1.82, 2.24) is 0 Å². The van der Waals surface area contributed by atoms with Crippen LogP contribution in [0.1, 0.15) is 54.9 Å². The average Bonchev–Trinajstić information content (AvgIpc) is 2.44. The molecule has 0 spiro atoms. The number of rotatable bonds is 5. The van der Waals surface area contributed by atoms with Gasteiger partial charge in [-0.1, -0.05) is 31.1 Å². The lowest BCUT2D eigenvalue weighted by atomic mass is 9.90. The van der Waals surface area contributed by atoms with Crippen molar-refractivity contribution in [2.24, 2.45) is 0 Å². The van der Waals surface area contributed by atoms with E-state index < -0.39 is 23.2 Å². The number of unbranched alkanes of at least 4 members (excludes halogenated alkanes) is 1. The van der Waals surface area contributed by atoms with Crippen molar-refractivity contribution in [3.05, 3.63) is 52.6 Å². The molecule has 21 heavy (non-hydrogen) atoms. The minimum Gasteiger partial charge on any atom is -0.477 e. The maximum Gasteiger partial charge on any atom is 0.341 e. The number of carboxylic acids is 1. The van der Waals surface area contributed by atoms with E-state index in [-0.39, 0.29) is 0 Å². The Hall–Kier alpha value is -1.97. The fourth-order valence-corrected chi connectivity index (χ4v) is 2.50. The number of hydrogen-bond acceptors (Lipinski definition) is 1. The predicted molar refractivity (Wildman–Crippen MR) is 78.1 cm³/mol. The molecule has 2 rings (SSSR count). The zero-order valence-corrected chi connectivity index (χ0v) is 12.0. The number of carboxylic acid groups (broad SMARTS) is 1. The number of hydrogen-bond donors (Lipinski definition) is 1. The van der Waals surface area contributed by atoms with Crippen LogP contribution in [-0.2, 0) is 0 Å². The Morgan fingerprint density at radius 2 is 1.86 bits per heavy atom. The van der Waals surface area contributed by atoms with Crippen molar-refractivity contribution in [2.75, 3.05) is 0 Å². The molecular formula is C17H18F2O2. The van der Waals surface area contributed by atoms with Crippen LogP contribution in [0.3, 0.4) is 0 Å². The predicted octanol–water partition coefficient (Wildman–Crippen LogP) is 4.96. The van der Waals surface area contributed by atoms with Crippen LogP contribution < -0.4 is 0 Å². The molecule has 4 heteroatoms. The molecule has 1 aliphatic carbocycles. The third-order valence-electron chi connectivity index (χ3n) is 3.71. The first kappa shape index (κ1) is 15.4. The van der Waals surface area contributed by atoms with Crippen LogP contribution in [0.5, 0.6) is 0 Å². The molecule has 0 bridgehead atoms. The number of benzene rings is 1. The van der Waals surface area contributed by atoms with Gasteiger partial charge < -0.3 is 5.11 Å². The lowest BCUT2D eigenvalue weighted by Gasteiger charge is -2.15. The Balaban J connectivity index is 2.26. The molecule has 0 amide bonds. The monoisotopic (exact) mass is 292 g/mol. The quantitative estimate of drug-likeness (QED) is 0.833. The third kappa shape index (κ3) is 3.57. The smallest absolute Gasteiger partial charge is 0.341 e. The molecule has 2 nitrogen and oxygen atoms in total. The lowest BCUT2D eigenvalue weighted by molar-refractivity contribution is 0.0686. The van der Waals surface area contributed by atoms with E-state index in [1.165, 1.54) is 5.57 Å². The molecule has 0 fully saturated rings. The van der Waals surface area contributed by atoms with E-state index in [4.69, 9.17) is 5.11 Å². The zero-order chi connectivity index (χ0) is 15.4. The Morgan fingerprint density at radius 3 is 2.33 bits per heavy atom. The summed E-state index contributed by atoms with van der Waals surface area (Å²) in [6.07, 6.45) is 8.84. The number of aromatic carboxylic acids is 1. The second kappa shape index (κ2) is 6.66. The van der Waals surface area contributed by atoms with Crippen LogP contribution in [0.25, 0.3) is 5.57 Å². The summed E-state index contributed by atoms with van der Waals surface area (Å²) >= 11 is 0. The van der Waals surface area contributed by atoms with Crippen LogP contribution in [0.15, 0.2) is 29.9 Å². The summed E-state index contributed by atoms with van der Waals surface area (Å²) in [4.78, 5) is 10.8. The van der Waals surface area contributed by atoms with Crippen molar-refractivity contribution in [1.29, 1.82) is 0 Å². The normalized spacial score (nSPS) is 14.6. The SMILES string of the molecule is CCCCC1=CC=C(c2cc(F)c(C(=O)O)c(F)c2)CC1. The van der Waals surface area contributed by atoms with Gasteiger partial charge in [0.15, 0.2) is 0 Å². The molecule has 0 saturated heterocycles. The van der Waals surface area contributed by atoms with Gasteiger partial charge in [0.05, 0.1) is 0 Å². The van der Waals surface area contributed by atoms with Gasteiger partial charge in [0.1, 0.15) is 17.2 Å². The first-order valence-corrected chi connectivity index (χ1v) is 7.14. The van der Waals surface area contributed by atoms with Gasteiger partial charge in [-0.3, -0.25) is 0 Å². The number of carbonyl (C=O) groups is 1. The molecule has 112 valence electrons. The molecule has 0 saturated carbocycles. The molecule has 0 unspecified atom stereocenters. The van der Waals surface area contributed by atoms with Gasteiger partial charge >= 0.3 is 5.97 Å². The Bertz CT molecular complexity index is 592. The van der Waals surface area contributed by atoms with Crippen molar-refractivity contribution in [3.8, 4) is 0 Å². The fraction of sp³-hybridized carbons (Fsp3) is 0.353. The highest BCUT2D eigenvalue weighted by Crippen LogP contribution is 2.30. The molecular weight excluding hydrogens is 274 g/mol. The Kier molecular flexibility index (Phi) is 4.89. The highest BCUT2D eigenvalue weighted by atomic mass is 19.1. The Morgan fingerprint density at radius 1 is 1.19 bits per heavy atom. The fourth-order valence-electron chi connectivity index (χ4n) is 2.50. The average molecular weight is 292 g/mol. The largest absolute Gasteiger partial charge is 0.477 e. The summed E-state index contributed by atoms with van der Waals surface area (Å²) in [5.74, 6) is -3.64. The van der Waals surface area contributed by atoms with Crippen LogP contribution in [0.2, 0.25) is 0 Å². The molecule has 1 aromatic rings. The molecule has 1 aliphatic rings. The van der Waals surface area contributed by atoms with Crippen LogP contribution in [0, 0.1) is 11.6 Å². The van der Waals surface area contributed by atoms with Crippen molar-refractivity contribution < 1.29 is 18.7 Å². The first-order valence-electron chi connectivity index (χ1n) is 7.14. The molecule has 0 aromatic heterocycles. The Labute approximate surface area is 122 Å². The van der Waals surface area contributed by atoms with Crippen LogP contribution in [-0.4, -0.2) is 11.1 Å². The van der Waals surface area contributed by atoms with E-state index in [0.29, 0.717) is 5.56 Å². The van der Waals surface area contributed by atoms with E-state index in [9.17, 15) is 13.6 Å². The topological polar surface area (TPSA) is 37.3 Å². The molecule has 0 radical (unpaired) electrons. The van der Waals surface area contributed by atoms with Crippen molar-refractivity contribution in [3.63, 3.8) is 0 Å². The highest BCUT2D eigenvalue weighted by Gasteiger charge is 2.19. The molecule has 0 aliphatic heterocycles. The van der Waals surface area contributed by atoms with Gasteiger partial charge in [-0.15, -0.1) is 0 Å². The number of halogens is 2. The third-order valence-corrected chi connectivity index (χ3v) is 3.71. The van der Waals surface area contributed by atoms with Gasteiger partial charge in [0, 0.05) is 0 Å². The molecule has 0 atom stereocenters. The summed E-state index contributed by atoms with van der Waals surface area (Å²) < 4.78 is 27.4. The minimum absolute atomic E-state index is 0.417. The van der Waals surface area contributed by atoms with E-state index in [1.807, 2.05) is 12.2 Å².